The van der Waals surface area contributed by atoms with Crippen molar-refractivity contribution < 1.29 is 9.53 Å². The van der Waals surface area contributed by atoms with E-state index in [-0.39, 0.29) is 5.97 Å². The Morgan fingerprint density at radius 2 is 1.60 bits per heavy atom. The van der Waals surface area contributed by atoms with E-state index < -0.39 is 0 Å². The van der Waals surface area contributed by atoms with Gasteiger partial charge in [0.15, 0.2) is 0 Å². The van der Waals surface area contributed by atoms with Gasteiger partial charge in [-0.2, -0.15) is 0 Å². The number of esters is 1. The van der Waals surface area contributed by atoms with Crippen LogP contribution in [0.1, 0.15) is 63.9 Å². The van der Waals surface area contributed by atoms with Crippen molar-refractivity contribution in [3.05, 3.63) is 34.3 Å². The van der Waals surface area contributed by atoms with Gasteiger partial charge in [0.2, 0.25) is 0 Å². The van der Waals surface area contributed by atoms with Crippen molar-refractivity contribution in [1.29, 1.82) is 0 Å². The first-order valence-electron chi connectivity index (χ1n) is 7.62. The van der Waals surface area contributed by atoms with Crippen LogP contribution in [-0.4, -0.2) is 5.97 Å². The Morgan fingerprint density at radius 3 is 2.25 bits per heavy atom. The summed E-state index contributed by atoms with van der Waals surface area (Å²) in [7, 11) is 0. The summed E-state index contributed by atoms with van der Waals surface area (Å²) in [5.41, 5.74) is 1.03. The smallest absolute Gasteiger partial charge is 0.306 e. The molecule has 0 saturated heterocycles. The molecule has 0 aliphatic carbocycles. The normalized spacial score (nSPS) is 10.5. The fourth-order valence-corrected chi connectivity index (χ4v) is 2.31. The molecule has 1 rings (SSSR count). The van der Waals surface area contributed by atoms with Gasteiger partial charge >= 0.3 is 5.97 Å². The number of unbranched alkanes of at least 4 members (excludes halogenated alkanes) is 6. The van der Waals surface area contributed by atoms with Gasteiger partial charge in [0.1, 0.15) is 6.61 Å². The van der Waals surface area contributed by atoms with Gasteiger partial charge in [-0.05, 0) is 24.1 Å². The molecule has 0 fully saturated rings. The van der Waals surface area contributed by atoms with Gasteiger partial charge < -0.3 is 4.74 Å². The maximum Gasteiger partial charge on any atom is 0.306 e. The highest BCUT2D eigenvalue weighted by Gasteiger charge is 2.03. The fraction of sp³-hybridized carbons (Fsp3) is 0.588. The first-order chi connectivity index (χ1) is 9.72. The zero-order chi connectivity index (χ0) is 14.6. The quantitative estimate of drug-likeness (QED) is 0.407. The molecule has 112 valence electrons. The predicted octanol–water partition coefficient (Wildman–Crippen LogP) is 5.63. The van der Waals surface area contributed by atoms with Crippen molar-refractivity contribution in [2.45, 2.75) is 64.9 Å². The summed E-state index contributed by atoms with van der Waals surface area (Å²) in [4.78, 5) is 11.6. The zero-order valence-electron chi connectivity index (χ0n) is 12.4. The number of carbonyl (C=O) groups excluding carboxylic acids is 1. The Bertz CT molecular complexity index is 373. The number of carbonyl (C=O) groups is 1. The molecular weight excluding hydrogens is 316 g/mol. The van der Waals surface area contributed by atoms with Gasteiger partial charge in [0.25, 0.3) is 0 Å². The average molecular weight is 341 g/mol. The van der Waals surface area contributed by atoms with Crippen LogP contribution >= 0.6 is 15.9 Å². The fourth-order valence-electron chi connectivity index (χ4n) is 2.04. The van der Waals surface area contributed by atoms with E-state index in [1.807, 2.05) is 24.3 Å². The standard InChI is InChI=1S/C17H25BrO2/c1-2-3-4-5-6-7-8-9-17(19)20-14-15-10-12-16(18)13-11-15/h10-13H,2-9,14H2,1H3. The summed E-state index contributed by atoms with van der Waals surface area (Å²) in [5, 5.41) is 0. The first-order valence-corrected chi connectivity index (χ1v) is 8.41. The van der Waals surface area contributed by atoms with E-state index >= 15 is 0 Å². The van der Waals surface area contributed by atoms with Crippen molar-refractivity contribution in [2.75, 3.05) is 0 Å². The molecule has 0 aromatic heterocycles. The Balaban J connectivity index is 2.01. The van der Waals surface area contributed by atoms with Crippen molar-refractivity contribution in [3.8, 4) is 0 Å². The van der Waals surface area contributed by atoms with Crippen molar-refractivity contribution >= 4 is 21.9 Å². The van der Waals surface area contributed by atoms with Crippen LogP contribution in [0.2, 0.25) is 0 Å². The summed E-state index contributed by atoms with van der Waals surface area (Å²) in [5.74, 6) is -0.0820. The van der Waals surface area contributed by atoms with E-state index in [0.29, 0.717) is 13.0 Å². The summed E-state index contributed by atoms with van der Waals surface area (Å²) in [6, 6.07) is 7.84. The molecule has 0 heterocycles. The molecule has 0 amide bonds. The van der Waals surface area contributed by atoms with Crippen LogP contribution in [0.15, 0.2) is 28.7 Å². The third kappa shape index (κ3) is 8.36. The van der Waals surface area contributed by atoms with Crippen LogP contribution < -0.4 is 0 Å². The average Bonchev–Trinajstić information content (AvgIpc) is 2.46. The molecule has 1 aromatic carbocycles. The van der Waals surface area contributed by atoms with Crippen LogP contribution in [0.3, 0.4) is 0 Å². The number of halogens is 1. The van der Waals surface area contributed by atoms with E-state index in [4.69, 9.17) is 4.74 Å². The summed E-state index contributed by atoms with van der Waals surface area (Å²) in [6.45, 7) is 2.60. The number of benzene rings is 1. The topological polar surface area (TPSA) is 26.3 Å². The SMILES string of the molecule is CCCCCCCCCC(=O)OCc1ccc(Br)cc1. The minimum atomic E-state index is -0.0820. The molecule has 0 atom stereocenters. The molecule has 0 bridgehead atoms. The van der Waals surface area contributed by atoms with Gasteiger partial charge in [-0.3, -0.25) is 4.79 Å². The summed E-state index contributed by atoms with van der Waals surface area (Å²) >= 11 is 3.38. The molecule has 20 heavy (non-hydrogen) atoms. The second-order valence-electron chi connectivity index (χ2n) is 5.16. The third-order valence-corrected chi connectivity index (χ3v) is 3.83. The molecule has 3 heteroatoms. The van der Waals surface area contributed by atoms with Gasteiger partial charge in [-0.1, -0.05) is 73.5 Å². The number of rotatable bonds is 10. The molecule has 2 nitrogen and oxygen atoms in total. The molecule has 0 N–H and O–H groups in total. The highest BCUT2D eigenvalue weighted by atomic mass is 79.9. The molecule has 0 unspecified atom stereocenters. The first kappa shape index (κ1) is 17.2. The Labute approximate surface area is 131 Å². The molecule has 0 radical (unpaired) electrons. The van der Waals surface area contributed by atoms with Crippen LogP contribution in [0.4, 0.5) is 0 Å². The van der Waals surface area contributed by atoms with Gasteiger partial charge in [0.05, 0.1) is 0 Å². The van der Waals surface area contributed by atoms with Crippen molar-refractivity contribution in [3.63, 3.8) is 0 Å². The highest BCUT2D eigenvalue weighted by Crippen LogP contribution is 2.12. The lowest BCUT2D eigenvalue weighted by Crippen LogP contribution is -2.04. The second kappa shape index (κ2) is 10.9. The molecule has 0 spiro atoms. The lowest BCUT2D eigenvalue weighted by atomic mass is 10.1. The highest BCUT2D eigenvalue weighted by molar-refractivity contribution is 9.10. The molecule has 0 aliphatic heterocycles. The van der Waals surface area contributed by atoms with Crippen LogP contribution in [0.25, 0.3) is 0 Å². The van der Waals surface area contributed by atoms with Crippen LogP contribution in [-0.2, 0) is 16.1 Å². The van der Waals surface area contributed by atoms with E-state index in [9.17, 15) is 4.79 Å². The van der Waals surface area contributed by atoms with Crippen LogP contribution in [0, 0.1) is 0 Å². The number of hydrogen-bond acceptors (Lipinski definition) is 2. The molecule has 0 aliphatic rings. The van der Waals surface area contributed by atoms with Gasteiger partial charge in [0, 0.05) is 10.9 Å². The zero-order valence-corrected chi connectivity index (χ0v) is 14.0. The monoisotopic (exact) mass is 340 g/mol. The van der Waals surface area contributed by atoms with Crippen LogP contribution in [0.5, 0.6) is 0 Å². The largest absolute Gasteiger partial charge is 0.461 e. The molecule has 0 saturated carbocycles. The lowest BCUT2D eigenvalue weighted by molar-refractivity contribution is -0.145. The number of hydrogen-bond donors (Lipinski definition) is 0. The molecular formula is C17H25BrO2. The van der Waals surface area contributed by atoms with E-state index in [1.54, 1.807) is 0 Å². The molecule has 1 aromatic rings. The maximum absolute atomic E-state index is 11.6. The van der Waals surface area contributed by atoms with E-state index in [2.05, 4.69) is 22.9 Å². The Kier molecular flexibility index (Phi) is 9.38. The van der Waals surface area contributed by atoms with E-state index in [1.165, 1.54) is 32.1 Å². The third-order valence-electron chi connectivity index (χ3n) is 3.30. The Morgan fingerprint density at radius 1 is 1.00 bits per heavy atom. The maximum atomic E-state index is 11.6. The lowest BCUT2D eigenvalue weighted by Gasteiger charge is -2.05. The predicted molar refractivity (Wildman–Crippen MR) is 86.5 cm³/mol. The van der Waals surface area contributed by atoms with Gasteiger partial charge in [-0.25, -0.2) is 0 Å². The number of ether oxygens (including phenoxy) is 1. The minimum absolute atomic E-state index is 0.0820. The summed E-state index contributed by atoms with van der Waals surface area (Å²) < 4.78 is 6.30. The Hall–Kier alpha value is -0.830. The van der Waals surface area contributed by atoms with Gasteiger partial charge in [-0.15, -0.1) is 0 Å². The summed E-state index contributed by atoms with van der Waals surface area (Å²) in [6.07, 6.45) is 9.09. The van der Waals surface area contributed by atoms with Crippen molar-refractivity contribution in [2.24, 2.45) is 0 Å². The second-order valence-corrected chi connectivity index (χ2v) is 6.07. The van der Waals surface area contributed by atoms with Crippen molar-refractivity contribution in [1.82, 2.24) is 0 Å². The van der Waals surface area contributed by atoms with E-state index in [0.717, 1.165) is 22.9 Å². The minimum Gasteiger partial charge on any atom is -0.461 e.